The van der Waals surface area contributed by atoms with E-state index >= 15 is 0 Å². The van der Waals surface area contributed by atoms with E-state index in [4.69, 9.17) is 11.6 Å². The van der Waals surface area contributed by atoms with Crippen LogP contribution >= 0.6 is 11.6 Å². The lowest BCUT2D eigenvalue weighted by Gasteiger charge is -2.35. The molecule has 0 aliphatic heterocycles. The van der Waals surface area contributed by atoms with Crippen molar-refractivity contribution >= 4 is 28.6 Å². The van der Waals surface area contributed by atoms with Crippen LogP contribution < -0.4 is 5.32 Å². The Bertz CT molecular complexity index is 1550. The molecule has 0 unspecified atom stereocenters. The monoisotopic (exact) mass is 524 g/mol. The molecule has 37 heavy (non-hydrogen) atoms. The van der Waals surface area contributed by atoms with E-state index in [0.29, 0.717) is 28.2 Å². The van der Waals surface area contributed by atoms with Crippen molar-refractivity contribution in [1.29, 1.82) is 0 Å². The first-order valence-corrected chi connectivity index (χ1v) is 11.8. The summed E-state index contributed by atoms with van der Waals surface area (Å²) in [6, 6.07) is 20.6. The highest BCUT2D eigenvalue weighted by atomic mass is 35.5. The fourth-order valence-electron chi connectivity index (χ4n) is 4.44. The normalized spacial score (nSPS) is 13.5. The smallest absolute Gasteiger partial charge is 0.340 e. The lowest BCUT2D eigenvalue weighted by atomic mass is 9.80. The van der Waals surface area contributed by atoms with E-state index in [1.807, 2.05) is 55.5 Å². The van der Waals surface area contributed by atoms with E-state index in [2.05, 4.69) is 20.3 Å². The third-order valence-corrected chi connectivity index (χ3v) is 6.39. The van der Waals surface area contributed by atoms with Gasteiger partial charge in [-0.3, -0.25) is 4.98 Å². The molecule has 3 aromatic carbocycles. The summed E-state index contributed by atoms with van der Waals surface area (Å²) in [5.74, 6) is -0.718. The average molecular weight is 525 g/mol. The average Bonchev–Trinajstić information content (AvgIpc) is 3.25. The van der Waals surface area contributed by atoms with Crippen molar-refractivity contribution in [2.24, 2.45) is 0 Å². The zero-order valence-electron chi connectivity index (χ0n) is 19.6. The Morgan fingerprint density at radius 2 is 1.68 bits per heavy atom. The molecule has 0 bridgehead atoms. The number of imidazole rings is 1. The van der Waals surface area contributed by atoms with E-state index in [0.717, 1.165) is 28.8 Å². The highest BCUT2D eigenvalue weighted by molar-refractivity contribution is 6.30. The summed E-state index contributed by atoms with van der Waals surface area (Å²) >= 11 is 6.10. The number of H-pyrrole nitrogens is 1. The standard InChI is InChI=1S/C28H21ClF4N4/c1-17-7-9-23-24(11-17)36-26(35-23)37-27(15-18-5-3-2-4-6-18,25-10-8-21(29)16-34-25)19-12-20(28(31,32)33)14-22(30)13-19/h2-14,16H,15H2,1H3,(H2,35,36,37)/t27-/m0/s1. The number of alkyl halides is 3. The van der Waals surface area contributed by atoms with E-state index in [9.17, 15) is 17.6 Å². The largest absolute Gasteiger partial charge is 0.416 e. The van der Waals surface area contributed by atoms with Crippen LogP contribution in [-0.2, 0) is 18.1 Å². The van der Waals surface area contributed by atoms with Crippen LogP contribution in [0.2, 0.25) is 5.02 Å². The molecule has 0 spiro atoms. The summed E-state index contributed by atoms with van der Waals surface area (Å²) in [5, 5.41) is 3.66. The van der Waals surface area contributed by atoms with Gasteiger partial charge >= 0.3 is 6.18 Å². The van der Waals surface area contributed by atoms with Gasteiger partial charge in [0.2, 0.25) is 5.95 Å². The minimum absolute atomic E-state index is 0.0372. The van der Waals surface area contributed by atoms with Gasteiger partial charge in [-0.25, -0.2) is 9.37 Å². The number of rotatable bonds is 6. The van der Waals surface area contributed by atoms with E-state index in [1.54, 1.807) is 12.1 Å². The molecule has 0 radical (unpaired) electrons. The fraction of sp³-hybridized carbons (Fsp3) is 0.143. The number of hydrogen-bond donors (Lipinski definition) is 2. The third kappa shape index (κ3) is 5.15. The highest BCUT2D eigenvalue weighted by Gasteiger charge is 2.40. The molecule has 188 valence electrons. The number of nitrogens with zero attached hydrogens (tertiary/aromatic N) is 2. The predicted octanol–water partition coefficient (Wildman–Crippen LogP) is 7.68. The van der Waals surface area contributed by atoms with Crippen molar-refractivity contribution in [3.05, 3.63) is 124 Å². The summed E-state index contributed by atoms with van der Waals surface area (Å²) in [5.41, 5.74) is 1.05. The number of aromatic amines is 1. The molecule has 2 N–H and O–H groups in total. The quantitative estimate of drug-likeness (QED) is 0.224. The van der Waals surface area contributed by atoms with E-state index in [-0.39, 0.29) is 12.0 Å². The molecule has 5 rings (SSSR count). The number of aryl methyl sites for hydroxylation is 1. The van der Waals surface area contributed by atoms with Crippen LogP contribution in [-0.4, -0.2) is 15.0 Å². The van der Waals surface area contributed by atoms with Crippen LogP contribution in [0.4, 0.5) is 23.5 Å². The number of anilines is 1. The number of nitrogens with one attached hydrogen (secondary N) is 2. The Hall–Kier alpha value is -3.91. The lowest BCUT2D eigenvalue weighted by Crippen LogP contribution is -2.40. The van der Waals surface area contributed by atoms with Gasteiger partial charge in [-0.05, 0) is 66.1 Å². The van der Waals surface area contributed by atoms with Crippen LogP contribution in [0.3, 0.4) is 0 Å². The number of pyridine rings is 1. The van der Waals surface area contributed by atoms with Gasteiger partial charge in [0.05, 0.1) is 27.3 Å². The minimum atomic E-state index is -4.75. The molecule has 0 aliphatic carbocycles. The summed E-state index contributed by atoms with van der Waals surface area (Å²) in [6.45, 7) is 1.94. The maximum atomic E-state index is 14.8. The molecule has 0 saturated carbocycles. The third-order valence-electron chi connectivity index (χ3n) is 6.16. The number of hydrogen-bond acceptors (Lipinski definition) is 3. The summed E-state index contributed by atoms with van der Waals surface area (Å²) in [4.78, 5) is 12.3. The molecule has 0 amide bonds. The van der Waals surface area contributed by atoms with Gasteiger partial charge in [0.1, 0.15) is 11.4 Å². The van der Waals surface area contributed by atoms with Crippen molar-refractivity contribution in [3.8, 4) is 0 Å². The number of fused-ring (bicyclic) bond motifs is 1. The van der Waals surface area contributed by atoms with Crippen LogP contribution in [0.1, 0.15) is 27.9 Å². The molecule has 0 aliphatic rings. The topological polar surface area (TPSA) is 53.6 Å². The van der Waals surface area contributed by atoms with Gasteiger partial charge in [-0.15, -0.1) is 0 Å². The Labute approximate surface area is 215 Å². The van der Waals surface area contributed by atoms with Crippen molar-refractivity contribution in [2.45, 2.75) is 25.1 Å². The van der Waals surface area contributed by atoms with Gasteiger partial charge in [-0.1, -0.05) is 48.0 Å². The van der Waals surface area contributed by atoms with E-state index < -0.39 is 23.1 Å². The Balaban J connectivity index is 1.77. The molecule has 2 aromatic heterocycles. The number of benzene rings is 3. The summed E-state index contributed by atoms with van der Waals surface area (Å²) in [6.07, 6.45) is -3.21. The molecule has 1 atom stereocenters. The first-order valence-electron chi connectivity index (χ1n) is 11.4. The number of aromatic nitrogens is 3. The van der Waals surface area contributed by atoms with Gasteiger partial charge in [0, 0.05) is 12.6 Å². The van der Waals surface area contributed by atoms with Gasteiger partial charge < -0.3 is 10.3 Å². The van der Waals surface area contributed by atoms with Crippen LogP contribution in [0.15, 0.2) is 85.1 Å². The molecule has 0 saturated heterocycles. The molecule has 9 heteroatoms. The fourth-order valence-corrected chi connectivity index (χ4v) is 4.55. The van der Waals surface area contributed by atoms with Crippen LogP contribution in [0, 0.1) is 12.7 Å². The van der Waals surface area contributed by atoms with Crippen molar-refractivity contribution < 1.29 is 17.6 Å². The minimum Gasteiger partial charge on any atom is -0.340 e. The lowest BCUT2D eigenvalue weighted by molar-refractivity contribution is -0.137. The van der Waals surface area contributed by atoms with Crippen molar-refractivity contribution in [2.75, 3.05) is 5.32 Å². The predicted molar refractivity (Wildman–Crippen MR) is 136 cm³/mol. The molecule has 2 heterocycles. The van der Waals surface area contributed by atoms with Crippen LogP contribution in [0.5, 0.6) is 0 Å². The van der Waals surface area contributed by atoms with Gasteiger partial charge in [0.15, 0.2) is 0 Å². The van der Waals surface area contributed by atoms with Gasteiger partial charge in [0.25, 0.3) is 0 Å². The second-order valence-corrected chi connectivity index (χ2v) is 9.32. The van der Waals surface area contributed by atoms with Crippen molar-refractivity contribution in [3.63, 3.8) is 0 Å². The Kier molecular flexibility index (Phi) is 6.37. The Morgan fingerprint density at radius 1 is 0.919 bits per heavy atom. The molecule has 5 aromatic rings. The summed E-state index contributed by atoms with van der Waals surface area (Å²) < 4.78 is 56.1. The molecular weight excluding hydrogens is 504 g/mol. The number of halogens is 5. The zero-order chi connectivity index (χ0) is 26.2. The maximum Gasteiger partial charge on any atom is 0.416 e. The molecular formula is C28H21ClF4N4. The zero-order valence-corrected chi connectivity index (χ0v) is 20.3. The maximum absolute atomic E-state index is 14.8. The Morgan fingerprint density at radius 3 is 2.38 bits per heavy atom. The molecule has 4 nitrogen and oxygen atoms in total. The van der Waals surface area contributed by atoms with Gasteiger partial charge in [-0.2, -0.15) is 13.2 Å². The first-order chi connectivity index (χ1) is 17.6. The molecule has 0 fully saturated rings. The second kappa shape index (κ2) is 9.52. The highest BCUT2D eigenvalue weighted by Crippen LogP contribution is 2.40. The summed E-state index contributed by atoms with van der Waals surface area (Å²) in [7, 11) is 0. The SMILES string of the molecule is Cc1ccc2nc(N[C@@](Cc3ccccc3)(c3cc(F)cc(C(F)(F)F)c3)c3ccc(Cl)cn3)[nH]c2c1. The second-order valence-electron chi connectivity index (χ2n) is 8.89. The van der Waals surface area contributed by atoms with E-state index in [1.165, 1.54) is 6.20 Å². The van der Waals surface area contributed by atoms with Crippen molar-refractivity contribution in [1.82, 2.24) is 15.0 Å². The van der Waals surface area contributed by atoms with Crippen LogP contribution in [0.25, 0.3) is 11.0 Å². The first kappa shape index (κ1) is 24.8.